The molecule has 16 heavy (non-hydrogen) atoms. The Labute approximate surface area is 100 Å². The normalized spacial score (nSPS) is 28.7. The third kappa shape index (κ3) is 3.21. The summed E-state index contributed by atoms with van der Waals surface area (Å²) < 4.78 is 5.69. The topological polar surface area (TPSA) is 21.3 Å². The van der Waals surface area contributed by atoms with Gasteiger partial charge in [-0.1, -0.05) is 19.3 Å². The third-order valence-electron chi connectivity index (χ3n) is 4.47. The molecule has 1 aliphatic heterocycles. The molecule has 2 heteroatoms. The molecule has 0 radical (unpaired) electrons. The van der Waals surface area contributed by atoms with E-state index in [1.165, 1.54) is 64.3 Å². The van der Waals surface area contributed by atoms with Gasteiger partial charge in [-0.25, -0.2) is 0 Å². The van der Waals surface area contributed by atoms with Crippen molar-refractivity contribution in [1.82, 2.24) is 5.32 Å². The second-order valence-electron chi connectivity index (χ2n) is 5.76. The summed E-state index contributed by atoms with van der Waals surface area (Å²) in [6.07, 6.45) is 13.0. The maximum atomic E-state index is 5.69. The van der Waals surface area contributed by atoms with Crippen LogP contribution in [0.3, 0.4) is 0 Å². The minimum Gasteiger partial charge on any atom is -0.378 e. The van der Waals surface area contributed by atoms with Crippen LogP contribution in [0.15, 0.2) is 0 Å². The summed E-state index contributed by atoms with van der Waals surface area (Å²) >= 11 is 0. The van der Waals surface area contributed by atoms with Crippen LogP contribution < -0.4 is 5.32 Å². The zero-order chi connectivity index (χ0) is 11.3. The maximum Gasteiger partial charge on any atom is 0.0576 e. The first-order valence-corrected chi connectivity index (χ1v) is 7.11. The molecule has 0 spiro atoms. The van der Waals surface area contributed by atoms with E-state index in [0.717, 1.165) is 6.61 Å². The fraction of sp³-hybridized carbons (Fsp3) is 1.00. The molecule has 0 aromatic rings. The Kier molecular flexibility index (Phi) is 4.66. The number of ether oxygens (including phenoxy) is 1. The van der Waals surface area contributed by atoms with Crippen molar-refractivity contribution in [2.24, 2.45) is 5.41 Å². The van der Waals surface area contributed by atoms with Gasteiger partial charge < -0.3 is 10.1 Å². The van der Waals surface area contributed by atoms with Gasteiger partial charge in [-0.2, -0.15) is 0 Å². The molecule has 0 amide bonds. The molecule has 1 N–H and O–H groups in total. The van der Waals surface area contributed by atoms with E-state index in [0.29, 0.717) is 11.5 Å². The van der Waals surface area contributed by atoms with E-state index in [1.807, 2.05) is 0 Å². The fourth-order valence-electron chi connectivity index (χ4n) is 3.59. The Bertz CT molecular complexity index is 193. The predicted octanol–water partition coefficient (Wildman–Crippen LogP) is 3.12. The van der Waals surface area contributed by atoms with Gasteiger partial charge in [0, 0.05) is 13.2 Å². The van der Waals surface area contributed by atoms with E-state index in [2.05, 4.69) is 12.4 Å². The molecule has 2 rings (SSSR count). The molecule has 2 nitrogen and oxygen atoms in total. The lowest BCUT2D eigenvalue weighted by Gasteiger charge is -2.29. The van der Waals surface area contributed by atoms with Crippen LogP contribution >= 0.6 is 0 Å². The van der Waals surface area contributed by atoms with Gasteiger partial charge in [0.05, 0.1) is 6.10 Å². The van der Waals surface area contributed by atoms with Gasteiger partial charge in [0.25, 0.3) is 0 Å². The van der Waals surface area contributed by atoms with E-state index in [9.17, 15) is 0 Å². The van der Waals surface area contributed by atoms with Gasteiger partial charge >= 0.3 is 0 Å². The molecule has 0 aromatic heterocycles. The van der Waals surface area contributed by atoms with Gasteiger partial charge in [-0.3, -0.25) is 0 Å². The van der Waals surface area contributed by atoms with Crippen molar-refractivity contribution in [3.05, 3.63) is 0 Å². The highest BCUT2D eigenvalue weighted by atomic mass is 16.5. The standard InChI is InChI=1S/C14H27NO/c1-15-12-14(8-2-3-9-14)10-4-6-13-7-5-11-16-13/h13,15H,2-12H2,1H3. The van der Waals surface area contributed by atoms with Crippen LogP contribution in [0.1, 0.15) is 57.8 Å². The van der Waals surface area contributed by atoms with Gasteiger partial charge in [0.15, 0.2) is 0 Å². The molecular weight excluding hydrogens is 198 g/mol. The summed E-state index contributed by atoms with van der Waals surface area (Å²) in [6, 6.07) is 0. The van der Waals surface area contributed by atoms with Crippen LogP contribution in [-0.4, -0.2) is 26.3 Å². The highest BCUT2D eigenvalue weighted by Crippen LogP contribution is 2.42. The molecule has 0 bridgehead atoms. The lowest BCUT2D eigenvalue weighted by Crippen LogP contribution is -2.30. The molecule has 94 valence electrons. The Morgan fingerprint density at radius 3 is 2.69 bits per heavy atom. The van der Waals surface area contributed by atoms with Crippen molar-refractivity contribution in [2.45, 2.75) is 63.9 Å². The summed E-state index contributed by atoms with van der Waals surface area (Å²) in [5.74, 6) is 0. The van der Waals surface area contributed by atoms with E-state index < -0.39 is 0 Å². The third-order valence-corrected chi connectivity index (χ3v) is 4.47. The van der Waals surface area contributed by atoms with Crippen molar-refractivity contribution >= 4 is 0 Å². The first kappa shape index (κ1) is 12.4. The van der Waals surface area contributed by atoms with Crippen molar-refractivity contribution < 1.29 is 4.74 Å². The van der Waals surface area contributed by atoms with Crippen LogP contribution in [0.5, 0.6) is 0 Å². The lowest BCUT2D eigenvalue weighted by molar-refractivity contribution is 0.0973. The number of hydrogen-bond acceptors (Lipinski definition) is 2. The molecule has 1 heterocycles. The molecule has 1 saturated carbocycles. The summed E-state index contributed by atoms with van der Waals surface area (Å²) in [5.41, 5.74) is 0.632. The van der Waals surface area contributed by atoms with Gasteiger partial charge in [-0.05, 0) is 51.0 Å². The number of hydrogen-bond donors (Lipinski definition) is 1. The summed E-state index contributed by atoms with van der Waals surface area (Å²) in [4.78, 5) is 0. The first-order valence-electron chi connectivity index (χ1n) is 7.11. The highest BCUT2D eigenvalue weighted by molar-refractivity contribution is 4.86. The summed E-state index contributed by atoms with van der Waals surface area (Å²) in [6.45, 7) is 2.23. The smallest absolute Gasteiger partial charge is 0.0576 e. The zero-order valence-corrected chi connectivity index (χ0v) is 10.8. The average molecular weight is 225 g/mol. The van der Waals surface area contributed by atoms with Crippen molar-refractivity contribution in [1.29, 1.82) is 0 Å². The zero-order valence-electron chi connectivity index (χ0n) is 10.8. The molecular formula is C14H27NO. The van der Waals surface area contributed by atoms with E-state index in [4.69, 9.17) is 4.74 Å². The van der Waals surface area contributed by atoms with Crippen molar-refractivity contribution in [2.75, 3.05) is 20.2 Å². The van der Waals surface area contributed by atoms with Gasteiger partial charge in [-0.15, -0.1) is 0 Å². The SMILES string of the molecule is CNCC1(CCCC2CCCO2)CCCC1. The number of rotatable bonds is 6. The van der Waals surface area contributed by atoms with E-state index >= 15 is 0 Å². The van der Waals surface area contributed by atoms with Crippen molar-refractivity contribution in [3.63, 3.8) is 0 Å². The van der Waals surface area contributed by atoms with Crippen LogP contribution in [0.2, 0.25) is 0 Å². The Morgan fingerprint density at radius 1 is 1.25 bits per heavy atom. The monoisotopic (exact) mass is 225 g/mol. The molecule has 1 atom stereocenters. The lowest BCUT2D eigenvalue weighted by atomic mass is 9.80. The molecule has 2 fully saturated rings. The Hall–Kier alpha value is -0.0800. The highest BCUT2D eigenvalue weighted by Gasteiger charge is 2.32. The van der Waals surface area contributed by atoms with Crippen LogP contribution in [0.4, 0.5) is 0 Å². The largest absolute Gasteiger partial charge is 0.378 e. The molecule has 2 aliphatic rings. The average Bonchev–Trinajstić information content (AvgIpc) is 2.90. The second kappa shape index (κ2) is 6.02. The van der Waals surface area contributed by atoms with Gasteiger partial charge in [0.1, 0.15) is 0 Å². The molecule has 1 aliphatic carbocycles. The number of nitrogens with one attached hydrogen (secondary N) is 1. The van der Waals surface area contributed by atoms with E-state index in [-0.39, 0.29) is 0 Å². The second-order valence-corrected chi connectivity index (χ2v) is 5.76. The van der Waals surface area contributed by atoms with Crippen LogP contribution in [0.25, 0.3) is 0 Å². The Balaban J connectivity index is 1.69. The fourth-order valence-corrected chi connectivity index (χ4v) is 3.59. The van der Waals surface area contributed by atoms with Crippen molar-refractivity contribution in [3.8, 4) is 0 Å². The van der Waals surface area contributed by atoms with Gasteiger partial charge in [0.2, 0.25) is 0 Å². The molecule has 1 saturated heterocycles. The molecule has 1 unspecified atom stereocenters. The first-order chi connectivity index (χ1) is 7.85. The molecule has 0 aromatic carbocycles. The minimum absolute atomic E-state index is 0.591. The van der Waals surface area contributed by atoms with E-state index in [1.54, 1.807) is 0 Å². The van der Waals surface area contributed by atoms with Crippen LogP contribution in [-0.2, 0) is 4.74 Å². The summed E-state index contributed by atoms with van der Waals surface area (Å²) in [7, 11) is 2.10. The Morgan fingerprint density at radius 2 is 2.06 bits per heavy atom. The maximum absolute atomic E-state index is 5.69. The predicted molar refractivity (Wildman–Crippen MR) is 67.7 cm³/mol. The van der Waals surface area contributed by atoms with Crippen LogP contribution in [0, 0.1) is 5.41 Å². The summed E-state index contributed by atoms with van der Waals surface area (Å²) in [5, 5.41) is 3.40. The minimum atomic E-state index is 0.591. The quantitative estimate of drug-likeness (QED) is 0.750.